The van der Waals surface area contributed by atoms with Crippen molar-refractivity contribution in [2.45, 2.75) is 26.5 Å². The van der Waals surface area contributed by atoms with E-state index >= 15 is 0 Å². The quantitative estimate of drug-likeness (QED) is 0.482. The molecule has 0 aliphatic rings. The van der Waals surface area contributed by atoms with Gasteiger partial charge in [-0.05, 0) is 42.7 Å². The van der Waals surface area contributed by atoms with Gasteiger partial charge in [-0.1, -0.05) is 49.4 Å². The topological polar surface area (TPSA) is 67.5 Å². The lowest BCUT2D eigenvalue weighted by molar-refractivity contribution is 0.170. The number of aliphatic hydroxyl groups is 1. The van der Waals surface area contributed by atoms with Crippen LogP contribution in [0.15, 0.2) is 60.7 Å². The van der Waals surface area contributed by atoms with Gasteiger partial charge in [0.1, 0.15) is 0 Å². The van der Waals surface area contributed by atoms with E-state index in [1.807, 2.05) is 55.5 Å². The molecule has 1 atom stereocenters. The van der Waals surface area contributed by atoms with E-state index in [-0.39, 0.29) is 12.8 Å². The van der Waals surface area contributed by atoms with Gasteiger partial charge in [0.25, 0.3) is 0 Å². The average molecular weight is 352 g/mol. The first-order chi connectivity index (χ1) is 12.6. The zero-order valence-corrected chi connectivity index (χ0v) is 15.7. The predicted octanol–water partition coefficient (Wildman–Crippen LogP) is 4.54. The van der Waals surface area contributed by atoms with Crippen LogP contribution in [0.5, 0.6) is 0 Å². The minimum Gasteiger partial charge on any atom is -0.398 e. The van der Waals surface area contributed by atoms with Gasteiger partial charge < -0.3 is 20.9 Å². The van der Waals surface area contributed by atoms with Crippen LogP contribution < -0.4 is 11.1 Å². The van der Waals surface area contributed by atoms with Crippen LogP contribution in [0.1, 0.15) is 31.4 Å². The average Bonchev–Trinajstić information content (AvgIpc) is 2.66. The fraction of sp³-hybridized carbons (Fsp3) is 0.273. The van der Waals surface area contributed by atoms with Crippen molar-refractivity contribution >= 4 is 22.5 Å². The highest BCUT2D eigenvalue weighted by molar-refractivity contribution is 5.81. The Kier molecular flexibility index (Phi) is 7.45. The molecule has 4 heteroatoms. The molecule has 2 aromatic rings. The number of nitrogens with one attached hydrogen (secondary N) is 1. The van der Waals surface area contributed by atoms with Gasteiger partial charge in [-0.2, -0.15) is 0 Å². The summed E-state index contributed by atoms with van der Waals surface area (Å²) >= 11 is 0. The Hall–Kier alpha value is -2.56. The minimum absolute atomic E-state index is 0.0151. The normalized spacial score (nSPS) is 13.5. The second kappa shape index (κ2) is 9.80. The summed E-state index contributed by atoms with van der Waals surface area (Å²) in [6, 6.07) is 15.9. The van der Waals surface area contributed by atoms with Crippen molar-refractivity contribution in [3.05, 3.63) is 71.8 Å². The van der Waals surface area contributed by atoms with Gasteiger partial charge in [0.15, 0.2) is 6.23 Å². The van der Waals surface area contributed by atoms with Crippen LogP contribution in [0.2, 0.25) is 0 Å². The zero-order valence-electron chi connectivity index (χ0n) is 15.7. The van der Waals surface area contributed by atoms with Crippen molar-refractivity contribution < 1.29 is 9.84 Å². The van der Waals surface area contributed by atoms with Gasteiger partial charge in [-0.25, -0.2) is 0 Å². The largest absolute Gasteiger partial charge is 0.398 e. The van der Waals surface area contributed by atoms with E-state index in [2.05, 4.69) is 18.3 Å². The molecule has 0 saturated carbocycles. The molecule has 26 heavy (non-hydrogen) atoms. The molecular formula is C22H28N2O2. The molecule has 0 bridgehead atoms. The van der Waals surface area contributed by atoms with Crippen molar-refractivity contribution in [2.24, 2.45) is 0 Å². The maximum absolute atomic E-state index is 9.08. The fourth-order valence-corrected chi connectivity index (χ4v) is 2.85. The predicted molar refractivity (Wildman–Crippen MR) is 111 cm³/mol. The second-order valence-electron chi connectivity index (χ2n) is 6.07. The number of hydrogen-bond acceptors (Lipinski definition) is 4. The maximum atomic E-state index is 9.08. The summed E-state index contributed by atoms with van der Waals surface area (Å²) in [5.41, 5.74) is 12.0. The summed E-state index contributed by atoms with van der Waals surface area (Å²) in [6.07, 6.45) is 4.47. The molecule has 0 radical (unpaired) electrons. The van der Waals surface area contributed by atoms with Crippen molar-refractivity contribution in [3.8, 4) is 0 Å². The van der Waals surface area contributed by atoms with Crippen LogP contribution >= 0.6 is 0 Å². The molecule has 4 nitrogen and oxygen atoms in total. The van der Waals surface area contributed by atoms with Gasteiger partial charge in [0, 0.05) is 29.6 Å². The van der Waals surface area contributed by atoms with Crippen LogP contribution in [-0.2, 0) is 4.74 Å². The standard InChI is InChI=1S/C22H28N2O2/c1-4-8-20(22(26-3)24-18-9-6-5-7-10-18)19-12-11-17(15-21(19)23)16(2)13-14-25/h5-13,15,22,24-25H,4,14,23H2,1-3H3/b16-13+,20-8+. The molecule has 0 heterocycles. The second-order valence-corrected chi connectivity index (χ2v) is 6.07. The smallest absolute Gasteiger partial charge is 0.153 e. The molecule has 1 unspecified atom stereocenters. The fourth-order valence-electron chi connectivity index (χ4n) is 2.85. The van der Waals surface area contributed by atoms with Crippen molar-refractivity contribution in [3.63, 3.8) is 0 Å². The Morgan fingerprint density at radius 2 is 1.92 bits per heavy atom. The van der Waals surface area contributed by atoms with Gasteiger partial charge >= 0.3 is 0 Å². The summed E-state index contributed by atoms with van der Waals surface area (Å²) in [7, 11) is 1.68. The van der Waals surface area contributed by atoms with Crippen molar-refractivity contribution in [1.82, 2.24) is 0 Å². The first kappa shape index (κ1) is 19.8. The third-order valence-electron chi connectivity index (χ3n) is 4.23. The number of hydrogen-bond donors (Lipinski definition) is 3. The SMILES string of the molecule is CC/C=C(\c1ccc(/C(C)=C/CO)cc1N)C(Nc1ccccc1)OC. The number of aliphatic hydroxyl groups excluding tert-OH is 1. The van der Waals surface area contributed by atoms with Crippen LogP contribution in [0.25, 0.3) is 11.1 Å². The van der Waals surface area contributed by atoms with Crippen LogP contribution in [0.3, 0.4) is 0 Å². The van der Waals surface area contributed by atoms with E-state index in [0.29, 0.717) is 5.69 Å². The molecule has 0 fully saturated rings. The van der Waals surface area contributed by atoms with Crippen LogP contribution in [0.4, 0.5) is 11.4 Å². The minimum atomic E-state index is -0.306. The van der Waals surface area contributed by atoms with Gasteiger partial charge in [0.2, 0.25) is 0 Å². The Labute approximate surface area is 156 Å². The molecule has 4 N–H and O–H groups in total. The Balaban J connectivity index is 2.36. The summed E-state index contributed by atoms with van der Waals surface area (Å²) in [5.74, 6) is 0. The Morgan fingerprint density at radius 1 is 1.19 bits per heavy atom. The first-order valence-electron chi connectivity index (χ1n) is 8.83. The van der Waals surface area contributed by atoms with Crippen molar-refractivity contribution in [1.29, 1.82) is 0 Å². The van der Waals surface area contributed by atoms with E-state index < -0.39 is 0 Å². The molecule has 0 aliphatic carbocycles. The summed E-state index contributed by atoms with van der Waals surface area (Å²) in [4.78, 5) is 0. The van der Waals surface area contributed by atoms with Crippen LogP contribution in [0, 0.1) is 0 Å². The number of methoxy groups -OCH3 is 1. The lowest BCUT2D eigenvalue weighted by Gasteiger charge is -2.23. The Bertz CT molecular complexity index is 767. The number of nitrogen functional groups attached to an aromatic ring is 1. The van der Waals surface area contributed by atoms with Gasteiger partial charge in [0.05, 0.1) is 6.61 Å². The highest BCUT2D eigenvalue weighted by atomic mass is 16.5. The van der Waals surface area contributed by atoms with Gasteiger partial charge in [-0.15, -0.1) is 0 Å². The molecule has 0 spiro atoms. The summed E-state index contributed by atoms with van der Waals surface area (Å²) in [5, 5.41) is 12.5. The van der Waals surface area contributed by atoms with E-state index in [9.17, 15) is 0 Å². The van der Waals surface area contributed by atoms with Crippen molar-refractivity contribution in [2.75, 3.05) is 24.8 Å². The lowest BCUT2D eigenvalue weighted by atomic mass is 9.97. The van der Waals surface area contributed by atoms with E-state index in [1.54, 1.807) is 13.2 Å². The molecular weight excluding hydrogens is 324 g/mol. The number of allylic oxidation sites excluding steroid dienone is 2. The Morgan fingerprint density at radius 3 is 2.50 bits per heavy atom. The molecule has 2 rings (SSSR count). The lowest BCUT2D eigenvalue weighted by Crippen LogP contribution is -2.24. The number of ether oxygens (including phenoxy) is 1. The molecule has 0 aromatic heterocycles. The van der Waals surface area contributed by atoms with E-state index in [4.69, 9.17) is 15.6 Å². The number of anilines is 2. The third-order valence-corrected chi connectivity index (χ3v) is 4.23. The monoisotopic (exact) mass is 352 g/mol. The highest BCUT2D eigenvalue weighted by Gasteiger charge is 2.17. The summed E-state index contributed by atoms with van der Waals surface area (Å²) in [6.45, 7) is 4.07. The molecule has 138 valence electrons. The molecule has 0 saturated heterocycles. The highest BCUT2D eigenvalue weighted by Crippen LogP contribution is 2.30. The molecule has 0 amide bonds. The zero-order chi connectivity index (χ0) is 18.9. The van der Waals surface area contributed by atoms with E-state index in [0.717, 1.165) is 34.4 Å². The summed E-state index contributed by atoms with van der Waals surface area (Å²) < 4.78 is 5.72. The number of nitrogens with two attached hydrogens (primary N) is 1. The number of para-hydroxylation sites is 1. The third kappa shape index (κ3) is 4.97. The van der Waals surface area contributed by atoms with E-state index in [1.165, 1.54) is 0 Å². The molecule has 0 aliphatic heterocycles. The number of rotatable bonds is 8. The van der Waals surface area contributed by atoms with Gasteiger partial charge in [-0.3, -0.25) is 0 Å². The van der Waals surface area contributed by atoms with Crippen LogP contribution in [-0.4, -0.2) is 25.1 Å². The molecule has 2 aromatic carbocycles. The first-order valence-corrected chi connectivity index (χ1v) is 8.83. The number of benzene rings is 2. The maximum Gasteiger partial charge on any atom is 0.153 e.